The van der Waals surface area contributed by atoms with Crippen LogP contribution in [0.15, 0.2) is 60.8 Å². The number of carbonyl (C=O) groups is 3. The molecule has 0 rings (SSSR count). The summed E-state index contributed by atoms with van der Waals surface area (Å²) in [4.78, 5) is 38.2. The first-order valence-corrected chi connectivity index (χ1v) is 34.8. The van der Waals surface area contributed by atoms with Gasteiger partial charge >= 0.3 is 17.9 Å². The summed E-state index contributed by atoms with van der Waals surface area (Å²) < 4.78 is 16.9. The predicted molar refractivity (Wildman–Crippen MR) is 344 cm³/mol. The van der Waals surface area contributed by atoms with E-state index in [4.69, 9.17) is 14.2 Å². The Kier molecular flexibility index (Phi) is 65.1. The summed E-state index contributed by atoms with van der Waals surface area (Å²) in [6.45, 7) is 6.54. The minimum absolute atomic E-state index is 0.0734. The number of hydrogen-bond acceptors (Lipinski definition) is 6. The first-order valence-electron chi connectivity index (χ1n) is 34.8. The molecule has 460 valence electrons. The second-order valence-electron chi connectivity index (χ2n) is 23.4. The minimum Gasteiger partial charge on any atom is -0.462 e. The van der Waals surface area contributed by atoms with Gasteiger partial charge in [-0.15, -0.1) is 0 Å². The van der Waals surface area contributed by atoms with E-state index >= 15 is 0 Å². The summed E-state index contributed by atoms with van der Waals surface area (Å²) in [5.74, 6) is -0.867. The van der Waals surface area contributed by atoms with Crippen molar-refractivity contribution in [3.8, 4) is 0 Å². The van der Waals surface area contributed by atoms with Gasteiger partial charge in [0.1, 0.15) is 13.2 Å². The van der Waals surface area contributed by atoms with Gasteiger partial charge in [-0.25, -0.2) is 0 Å². The van der Waals surface area contributed by atoms with Crippen LogP contribution in [0.2, 0.25) is 0 Å². The first-order chi connectivity index (χ1) is 39.0. The molecule has 0 radical (unpaired) electrons. The lowest BCUT2D eigenvalue weighted by Gasteiger charge is -2.18. The molecular formula is C73H132O6. The molecule has 0 aliphatic rings. The Balaban J connectivity index is 4.00. The lowest BCUT2D eigenvalue weighted by Crippen LogP contribution is -2.30. The van der Waals surface area contributed by atoms with Crippen LogP contribution in [0.5, 0.6) is 0 Å². The smallest absolute Gasteiger partial charge is 0.306 e. The average Bonchev–Trinajstić information content (AvgIpc) is 3.45. The highest BCUT2D eigenvalue weighted by Crippen LogP contribution is 2.18. The van der Waals surface area contributed by atoms with E-state index in [0.29, 0.717) is 19.3 Å². The molecule has 0 saturated carbocycles. The van der Waals surface area contributed by atoms with Crippen molar-refractivity contribution in [1.29, 1.82) is 0 Å². The summed E-state index contributed by atoms with van der Waals surface area (Å²) in [5.41, 5.74) is 0. The van der Waals surface area contributed by atoms with Gasteiger partial charge in [0.15, 0.2) is 6.10 Å². The van der Waals surface area contributed by atoms with Gasteiger partial charge in [-0.05, 0) is 83.5 Å². The Labute approximate surface area is 491 Å². The summed E-state index contributed by atoms with van der Waals surface area (Å²) in [7, 11) is 0. The van der Waals surface area contributed by atoms with Crippen molar-refractivity contribution < 1.29 is 28.6 Å². The van der Waals surface area contributed by atoms with Crippen molar-refractivity contribution in [2.75, 3.05) is 13.2 Å². The molecule has 0 fully saturated rings. The Bertz CT molecular complexity index is 1410. The van der Waals surface area contributed by atoms with Gasteiger partial charge in [0.05, 0.1) is 0 Å². The zero-order valence-corrected chi connectivity index (χ0v) is 52.9. The van der Waals surface area contributed by atoms with Crippen LogP contribution in [-0.2, 0) is 28.6 Å². The average molecular weight is 1110 g/mol. The van der Waals surface area contributed by atoms with Crippen LogP contribution in [0.4, 0.5) is 0 Å². The third-order valence-corrected chi connectivity index (χ3v) is 15.5. The third-order valence-electron chi connectivity index (χ3n) is 15.5. The van der Waals surface area contributed by atoms with Crippen molar-refractivity contribution in [2.45, 2.75) is 374 Å². The quantitative estimate of drug-likeness (QED) is 0.0261. The highest BCUT2D eigenvalue weighted by molar-refractivity contribution is 5.71. The number of allylic oxidation sites excluding steroid dienone is 10. The maximum Gasteiger partial charge on any atom is 0.306 e. The Morgan fingerprint density at radius 2 is 0.494 bits per heavy atom. The van der Waals surface area contributed by atoms with Crippen LogP contribution in [0.25, 0.3) is 0 Å². The predicted octanol–water partition coefficient (Wildman–Crippen LogP) is 23.9. The summed E-state index contributed by atoms with van der Waals surface area (Å²) in [6, 6.07) is 0. The van der Waals surface area contributed by atoms with Crippen LogP contribution in [0.1, 0.15) is 367 Å². The zero-order chi connectivity index (χ0) is 57.1. The van der Waals surface area contributed by atoms with E-state index in [1.54, 1.807) is 0 Å². The van der Waals surface area contributed by atoms with Crippen LogP contribution < -0.4 is 0 Å². The second kappa shape index (κ2) is 67.6. The number of hydrogen-bond donors (Lipinski definition) is 0. The fourth-order valence-corrected chi connectivity index (χ4v) is 10.3. The summed E-state index contributed by atoms with van der Waals surface area (Å²) in [6.07, 6.45) is 87.1. The van der Waals surface area contributed by atoms with E-state index in [-0.39, 0.29) is 31.1 Å². The molecule has 6 heteroatoms. The van der Waals surface area contributed by atoms with Crippen LogP contribution in [0.3, 0.4) is 0 Å². The Morgan fingerprint density at radius 1 is 0.266 bits per heavy atom. The minimum atomic E-state index is -0.776. The molecule has 0 N–H and O–H groups in total. The molecule has 0 aliphatic heterocycles. The van der Waals surface area contributed by atoms with Crippen LogP contribution in [0, 0.1) is 0 Å². The van der Waals surface area contributed by atoms with Gasteiger partial charge in [0.2, 0.25) is 0 Å². The monoisotopic (exact) mass is 1110 g/mol. The van der Waals surface area contributed by atoms with Gasteiger partial charge < -0.3 is 14.2 Å². The first kappa shape index (κ1) is 76.1. The van der Waals surface area contributed by atoms with E-state index in [0.717, 1.165) is 89.9 Å². The fourth-order valence-electron chi connectivity index (χ4n) is 10.3. The number of ether oxygens (including phenoxy) is 3. The highest BCUT2D eigenvalue weighted by Gasteiger charge is 2.19. The lowest BCUT2D eigenvalue weighted by molar-refractivity contribution is -0.167. The van der Waals surface area contributed by atoms with Crippen LogP contribution in [-0.4, -0.2) is 37.2 Å². The molecule has 6 nitrogen and oxygen atoms in total. The highest BCUT2D eigenvalue weighted by atomic mass is 16.6. The van der Waals surface area contributed by atoms with E-state index in [9.17, 15) is 14.4 Å². The number of esters is 3. The van der Waals surface area contributed by atoms with Crippen molar-refractivity contribution in [2.24, 2.45) is 0 Å². The Morgan fingerprint density at radius 3 is 0.772 bits per heavy atom. The van der Waals surface area contributed by atoms with Crippen molar-refractivity contribution in [3.05, 3.63) is 60.8 Å². The second-order valence-corrected chi connectivity index (χ2v) is 23.4. The largest absolute Gasteiger partial charge is 0.462 e. The molecule has 0 heterocycles. The maximum atomic E-state index is 12.9. The molecule has 0 spiro atoms. The molecule has 0 aromatic heterocycles. The van der Waals surface area contributed by atoms with E-state index in [1.165, 1.54) is 238 Å². The van der Waals surface area contributed by atoms with Crippen molar-refractivity contribution in [1.82, 2.24) is 0 Å². The number of carbonyl (C=O) groups excluding carboxylic acids is 3. The van der Waals surface area contributed by atoms with Crippen LogP contribution >= 0.6 is 0 Å². The van der Waals surface area contributed by atoms with Gasteiger partial charge in [-0.2, -0.15) is 0 Å². The van der Waals surface area contributed by atoms with Gasteiger partial charge in [0.25, 0.3) is 0 Å². The zero-order valence-electron chi connectivity index (χ0n) is 52.9. The van der Waals surface area contributed by atoms with Crippen molar-refractivity contribution in [3.63, 3.8) is 0 Å². The Hall–Kier alpha value is -2.89. The molecule has 0 aliphatic carbocycles. The molecule has 1 unspecified atom stereocenters. The molecular weight excluding hydrogens is 973 g/mol. The standard InChI is InChI=1S/C73H132O6/c1-4-7-10-13-16-19-21-23-25-27-28-29-30-31-32-33-34-35-36-37-38-39-40-41-42-43-44-46-47-49-51-54-57-60-63-66-72(75)78-69-70(68-77-71(74)65-62-59-56-53-18-15-12-9-6-3)79-73(76)67-64-61-58-55-52-50-48-45-26-24-22-20-17-14-11-8-5-2/h8,11,17,20-21,23-24,26-28,70H,4-7,9-10,12-16,18-19,22,25,29-69H2,1-3H3/b11-8-,20-17-,23-21-,26-24-,28-27-. The summed E-state index contributed by atoms with van der Waals surface area (Å²) >= 11 is 0. The molecule has 0 aromatic rings. The molecule has 0 saturated heterocycles. The van der Waals surface area contributed by atoms with Gasteiger partial charge in [0, 0.05) is 19.3 Å². The third kappa shape index (κ3) is 65.8. The molecule has 0 amide bonds. The van der Waals surface area contributed by atoms with E-state index in [2.05, 4.69) is 81.5 Å². The molecule has 1 atom stereocenters. The molecule has 0 bridgehead atoms. The topological polar surface area (TPSA) is 78.9 Å². The normalized spacial score (nSPS) is 12.4. The van der Waals surface area contributed by atoms with Gasteiger partial charge in [-0.1, -0.05) is 326 Å². The SMILES string of the molecule is CC/C=C\C/C=C\C/C=C\CCCCCCCCCC(=O)OC(COC(=O)CCCCCCCCCCC)COC(=O)CCCCCCCCCCCCCCCCCCCCCCCCC/C=C\C/C=C\CCCCCCC. The summed E-state index contributed by atoms with van der Waals surface area (Å²) in [5, 5.41) is 0. The number of unbranched alkanes of at least 4 members (excludes halogenated alkanes) is 43. The maximum absolute atomic E-state index is 12.9. The molecule has 0 aromatic carbocycles. The number of rotatable bonds is 64. The van der Waals surface area contributed by atoms with Crippen molar-refractivity contribution >= 4 is 17.9 Å². The van der Waals surface area contributed by atoms with E-state index in [1.807, 2.05) is 0 Å². The van der Waals surface area contributed by atoms with E-state index < -0.39 is 6.10 Å². The fraction of sp³-hybridized carbons (Fsp3) is 0.822. The van der Waals surface area contributed by atoms with Gasteiger partial charge in [-0.3, -0.25) is 14.4 Å². The lowest BCUT2D eigenvalue weighted by atomic mass is 10.0. The molecule has 79 heavy (non-hydrogen) atoms.